The molecule has 1 saturated carbocycles. The molecule has 0 unspecified atom stereocenters. The molecule has 0 saturated heterocycles. The molecule has 6 heteroatoms. The van der Waals surface area contributed by atoms with E-state index in [2.05, 4.69) is 19.2 Å². The Morgan fingerprint density at radius 1 is 1.20 bits per heavy atom. The fraction of sp³-hybridized carbons (Fsp3) is 0.632. The van der Waals surface area contributed by atoms with Crippen LogP contribution in [0, 0.1) is 18.8 Å². The monoisotopic (exact) mass is 365 g/mol. The second-order valence-electron chi connectivity index (χ2n) is 6.94. The van der Waals surface area contributed by atoms with Crippen LogP contribution in [-0.4, -0.2) is 30.3 Å². The number of esters is 1. The second-order valence-corrected chi connectivity index (χ2v) is 8.22. The van der Waals surface area contributed by atoms with E-state index in [4.69, 9.17) is 4.74 Å². The summed E-state index contributed by atoms with van der Waals surface area (Å²) >= 11 is 1.42. The number of carbonyl (C=O) groups is 3. The van der Waals surface area contributed by atoms with E-state index in [1.807, 2.05) is 13.0 Å². The number of carbonyl (C=O) groups excluding carboxylic acids is 3. The lowest BCUT2D eigenvalue weighted by atomic mass is 9.78. The Bertz CT molecular complexity index is 625. The number of rotatable bonds is 7. The van der Waals surface area contributed by atoms with Crippen molar-refractivity contribution in [3.8, 4) is 0 Å². The van der Waals surface area contributed by atoms with Crippen molar-refractivity contribution in [2.24, 2.45) is 11.8 Å². The van der Waals surface area contributed by atoms with Crippen LogP contribution >= 0.6 is 11.3 Å². The third-order valence-electron chi connectivity index (χ3n) is 4.99. The number of aryl methyl sites for hydroxylation is 1. The fourth-order valence-corrected chi connectivity index (χ4v) is 4.01. The quantitative estimate of drug-likeness (QED) is 0.593. The topological polar surface area (TPSA) is 72.5 Å². The van der Waals surface area contributed by atoms with Crippen molar-refractivity contribution in [3.05, 3.63) is 21.9 Å². The van der Waals surface area contributed by atoms with Gasteiger partial charge >= 0.3 is 5.97 Å². The van der Waals surface area contributed by atoms with Crippen molar-refractivity contribution in [2.45, 2.75) is 58.9 Å². The SMILES string of the molecule is Cc1ccc(C(=O)CCC(=O)OCC(=O)N[C@@H]2CCC[C@H](C)[C@@H]2C)s1. The molecule has 0 aromatic carbocycles. The minimum atomic E-state index is -0.512. The summed E-state index contributed by atoms with van der Waals surface area (Å²) in [7, 11) is 0. The molecule has 5 nitrogen and oxygen atoms in total. The fourth-order valence-electron chi connectivity index (χ4n) is 3.18. The number of thiophene rings is 1. The largest absolute Gasteiger partial charge is 0.456 e. The zero-order valence-electron chi connectivity index (χ0n) is 15.2. The molecule has 1 N–H and O–H groups in total. The van der Waals surface area contributed by atoms with Crippen molar-refractivity contribution in [1.82, 2.24) is 5.32 Å². The smallest absolute Gasteiger partial charge is 0.306 e. The molecule has 0 spiro atoms. The summed E-state index contributed by atoms with van der Waals surface area (Å²) in [6.45, 7) is 6.01. The summed E-state index contributed by atoms with van der Waals surface area (Å²) in [4.78, 5) is 37.4. The van der Waals surface area contributed by atoms with Gasteiger partial charge in [-0.15, -0.1) is 11.3 Å². The average Bonchev–Trinajstić information content (AvgIpc) is 3.01. The van der Waals surface area contributed by atoms with Crippen LogP contribution in [0.2, 0.25) is 0 Å². The number of hydrogen-bond acceptors (Lipinski definition) is 5. The van der Waals surface area contributed by atoms with E-state index < -0.39 is 5.97 Å². The van der Waals surface area contributed by atoms with E-state index in [1.54, 1.807) is 6.07 Å². The molecular formula is C19H27NO4S. The summed E-state index contributed by atoms with van der Waals surface area (Å²) in [6, 6.07) is 3.81. The molecule has 1 aromatic heterocycles. The lowest BCUT2D eigenvalue weighted by molar-refractivity contribution is -0.148. The van der Waals surface area contributed by atoms with Gasteiger partial charge in [-0.05, 0) is 37.3 Å². The maximum atomic E-state index is 12.0. The lowest BCUT2D eigenvalue weighted by Gasteiger charge is -2.34. The number of nitrogens with one attached hydrogen (secondary N) is 1. The molecule has 0 bridgehead atoms. The normalized spacial score (nSPS) is 23.1. The van der Waals surface area contributed by atoms with Crippen LogP contribution in [0.3, 0.4) is 0 Å². The predicted octanol–water partition coefficient (Wildman–Crippen LogP) is 3.50. The van der Waals surface area contributed by atoms with E-state index in [9.17, 15) is 14.4 Å². The van der Waals surface area contributed by atoms with E-state index in [1.165, 1.54) is 17.8 Å². The highest BCUT2D eigenvalue weighted by Gasteiger charge is 2.28. The Kier molecular flexibility index (Phi) is 7.17. The Morgan fingerprint density at radius 2 is 1.96 bits per heavy atom. The molecule has 1 fully saturated rings. The van der Waals surface area contributed by atoms with Gasteiger partial charge in [-0.1, -0.05) is 26.7 Å². The van der Waals surface area contributed by atoms with Gasteiger partial charge in [-0.25, -0.2) is 0 Å². The van der Waals surface area contributed by atoms with Crippen LogP contribution in [0.1, 0.15) is 60.5 Å². The van der Waals surface area contributed by atoms with Crippen molar-refractivity contribution in [2.75, 3.05) is 6.61 Å². The van der Waals surface area contributed by atoms with Gasteiger partial charge in [0.15, 0.2) is 12.4 Å². The van der Waals surface area contributed by atoms with E-state index in [0.717, 1.165) is 17.7 Å². The first-order valence-corrected chi connectivity index (χ1v) is 9.73. The molecule has 138 valence electrons. The zero-order chi connectivity index (χ0) is 18.4. The van der Waals surface area contributed by atoms with Crippen molar-refractivity contribution in [3.63, 3.8) is 0 Å². The summed E-state index contributed by atoms with van der Waals surface area (Å²) in [6.07, 6.45) is 3.39. The van der Waals surface area contributed by atoms with Crippen molar-refractivity contribution in [1.29, 1.82) is 0 Å². The maximum Gasteiger partial charge on any atom is 0.306 e. The van der Waals surface area contributed by atoms with Gasteiger partial charge in [0.1, 0.15) is 0 Å². The van der Waals surface area contributed by atoms with E-state index in [-0.39, 0.29) is 37.2 Å². The number of hydrogen-bond donors (Lipinski definition) is 1. The molecule has 1 aromatic rings. The van der Waals surface area contributed by atoms with Gasteiger partial charge in [-0.3, -0.25) is 14.4 Å². The molecule has 2 rings (SSSR count). The van der Waals surface area contributed by atoms with Crippen molar-refractivity contribution >= 4 is 29.0 Å². The van der Waals surface area contributed by atoms with Crippen LogP contribution in [0.5, 0.6) is 0 Å². The van der Waals surface area contributed by atoms with Crippen molar-refractivity contribution < 1.29 is 19.1 Å². The molecule has 1 amide bonds. The molecule has 1 heterocycles. The first kappa shape index (κ1) is 19.6. The molecule has 0 aliphatic heterocycles. The Labute approximate surface area is 153 Å². The standard InChI is InChI=1S/C19H27NO4S/c1-12-5-4-6-15(14(12)3)20-18(22)11-24-19(23)10-8-16(21)17-9-7-13(2)25-17/h7,9,12,14-15H,4-6,8,10-11H2,1-3H3,(H,20,22)/t12-,14-,15+/m0/s1. The van der Waals surface area contributed by atoms with Crippen LogP contribution in [-0.2, 0) is 14.3 Å². The number of amides is 1. The first-order chi connectivity index (χ1) is 11.9. The Morgan fingerprint density at radius 3 is 2.64 bits per heavy atom. The summed E-state index contributed by atoms with van der Waals surface area (Å²) in [5, 5.41) is 2.97. The Hall–Kier alpha value is -1.69. The number of ether oxygens (including phenoxy) is 1. The van der Waals surface area contributed by atoms with Crippen LogP contribution in [0.15, 0.2) is 12.1 Å². The summed E-state index contributed by atoms with van der Waals surface area (Å²) in [5.74, 6) is 0.180. The molecule has 0 radical (unpaired) electrons. The molecule has 25 heavy (non-hydrogen) atoms. The Balaban J connectivity index is 1.67. The van der Waals surface area contributed by atoms with Gasteiger partial charge in [0.2, 0.25) is 0 Å². The number of Topliss-reactive ketones (excluding diaryl/α,β-unsaturated/α-hetero) is 1. The molecule has 1 aliphatic carbocycles. The minimum absolute atomic E-state index is 0.0000730. The van der Waals surface area contributed by atoms with Gasteiger partial charge in [0, 0.05) is 17.3 Å². The highest BCUT2D eigenvalue weighted by molar-refractivity contribution is 7.14. The van der Waals surface area contributed by atoms with Gasteiger partial charge < -0.3 is 10.1 Å². The summed E-state index contributed by atoms with van der Waals surface area (Å²) in [5.41, 5.74) is 0. The maximum absolute atomic E-state index is 12.0. The summed E-state index contributed by atoms with van der Waals surface area (Å²) < 4.78 is 5.00. The average molecular weight is 365 g/mol. The van der Waals surface area contributed by atoms with Crippen LogP contribution in [0.25, 0.3) is 0 Å². The highest BCUT2D eigenvalue weighted by atomic mass is 32.1. The second kappa shape index (κ2) is 9.13. The minimum Gasteiger partial charge on any atom is -0.456 e. The molecule has 1 aliphatic rings. The predicted molar refractivity (Wildman–Crippen MR) is 97.7 cm³/mol. The zero-order valence-corrected chi connectivity index (χ0v) is 16.0. The van der Waals surface area contributed by atoms with Crippen LogP contribution < -0.4 is 5.32 Å². The highest BCUT2D eigenvalue weighted by Crippen LogP contribution is 2.29. The van der Waals surface area contributed by atoms with Crippen LogP contribution in [0.4, 0.5) is 0 Å². The van der Waals surface area contributed by atoms with Gasteiger partial charge in [0.05, 0.1) is 11.3 Å². The third-order valence-corrected chi connectivity index (χ3v) is 6.03. The van der Waals surface area contributed by atoms with Gasteiger partial charge in [-0.2, -0.15) is 0 Å². The van der Waals surface area contributed by atoms with E-state index in [0.29, 0.717) is 16.7 Å². The first-order valence-electron chi connectivity index (χ1n) is 8.91. The van der Waals surface area contributed by atoms with E-state index >= 15 is 0 Å². The molecular weight excluding hydrogens is 338 g/mol. The third kappa shape index (κ3) is 5.96. The van der Waals surface area contributed by atoms with Gasteiger partial charge in [0.25, 0.3) is 5.91 Å². The number of ketones is 1. The lowest BCUT2D eigenvalue weighted by Crippen LogP contribution is -2.45. The molecule has 3 atom stereocenters.